The smallest absolute Gasteiger partial charge is 0.304 e. The van der Waals surface area contributed by atoms with Crippen molar-refractivity contribution in [2.45, 2.75) is 31.8 Å². The lowest BCUT2D eigenvalue weighted by Gasteiger charge is -2.15. The van der Waals surface area contributed by atoms with E-state index in [1.165, 1.54) is 0 Å². The molecule has 1 aliphatic rings. The average molecular weight is 206 g/mol. The Morgan fingerprint density at radius 1 is 1.47 bits per heavy atom. The Kier molecular flexibility index (Phi) is 2.62. The monoisotopic (exact) mass is 206 g/mol. The second-order valence-corrected chi connectivity index (χ2v) is 3.81. The first-order valence-electron chi connectivity index (χ1n) is 5.19. The molecule has 0 fully saturated rings. The lowest BCUT2D eigenvalue weighted by molar-refractivity contribution is -0.137. The number of carboxylic acid groups (broad SMARTS) is 1. The molecule has 1 heterocycles. The third-order valence-corrected chi connectivity index (χ3v) is 2.84. The minimum absolute atomic E-state index is 0.00343. The highest BCUT2D eigenvalue weighted by Gasteiger charge is 2.34. The Morgan fingerprint density at radius 3 is 2.87 bits per heavy atom. The van der Waals surface area contributed by atoms with Crippen molar-refractivity contribution in [2.75, 3.05) is 0 Å². The van der Waals surface area contributed by atoms with Gasteiger partial charge in [0.05, 0.1) is 6.42 Å². The molecule has 0 saturated carbocycles. The highest BCUT2D eigenvalue weighted by molar-refractivity contribution is 5.69. The van der Waals surface area contributed by atoms with Crippen LogP contribution in [0.5, 0.6) is 5.75 Å². The van der Waals surface area contributed by atoms with Crippen LogP contribution >= 0.6 is 0 Å². The number of benzene rings is 1. The summed E-state index contributed by atoms with van der Waals surface area (Å²) in [6, 6.07) is 7.70. The minimum atomic E-state index is -0.765. The number of fused-ring (bicyclic) bond motifs is 1. The van der Waals surface area contributed by atoms with Gasteiger partial charge in [-0.25, -0.2) is 0 Å². The second kappa shape index (κ2) is 3.93. The second-order valence-electron chi connectivity index (χ2n) is 3.81. The molecule has 0 aliphatic carbocycles. The Labute approximate surface area is 88.7 Å². The van der Waals surface area contributed by atoms with E-state index in [0.29, 0.717) is 0 Å². The van der Waals surface area contributed by atoms with E-state index in [-0.39, 0.29) is 18.4 Å². The standard InChI is InChI=1S/C12H14O3/c1-2-10-9(7-12(13)14)8-5-3-4-6-11(8)15-10/h3-6,9-10H,2,7H2,1H3,(H,13,14). The summed E-state index contributed by atoms with van der Waals surface area (Å²) in [7, 11) is 0. The van der Waals surface area contributed by atoms with Crippen LogP contribution in [0.15, 0.2) is 24.3 Å². The maximum atomic E-state index is 10.8. The Hall–Kier alpha value is -1.51. The molecule has 2 unspecified atom stereocenters. The molecule has 1 aromatic rings. The first-order valence-corrected chi connectivity index (χ1v) is 5.19. The number of aliphatic carboxylic acids is 1. The molecule has 1 N–H and O–H groups in total. The molecule has 15 heavy (non-hydrogen) atoms. The lowest BCUT2D eigenvalue weighted by Crippen LogP contribution is -2.20. The van der Waals surface area contributed by atoms with Gasteiger partial charge >= 0.3 is 5.97 Å². The van der Waals surface area contributed by atoms with Gasteiger partial charge in [-0.1, -0.05) is 25.1 Å². The summed E-state index contributed by atoms with van der Waals surface area (Å²) in [5.74, 6) is 0.0815. The Bertz CT molecular complexity index is 373. The van der Waals surface area contributed by atoms with Gasteiger partial charge in [0.25, 0.3) is 0 Å². The summed E-state index contributed by atoms with van der Waals surface area (Å²) in [4.78, 5) is 10.8. The topological polar surface area (TPSA) is 46.5 Å². The zero-order valence-electron chi connectivity index (χ0n) is 8.64. The van der Waals surface area contributed by atoms with E-state index in [1.807, 2.05) is 31.2 Å². The average Bonchev–Trinajstić information content (AvgIpc) is 2.56. The maximum absolute atomic E-state index is 10.8. The maximum Gasteiger partial charge on any atom is 0.304 e. The third-order valence-electron chi connectivity index (χ3n) is 2.84. The fourth-order valence-electron chi connectivity index (χ4n) is 2.14. The Morgan fingerprint density at radius 2 is 2.20 bits per heavy atom. The molecule has 80 valence electrons. The van der Waals surface area contributed by atoms with Crippen LogP contribution in [0.25, 0.3) is 0 Å². The van der Waals surface area contributed by atoms with Crippen LogP contribution in [0.3, 0.4) is 0 Å². The van der Waals surface area contributed by atoms with Gasteiger partial charge in [0.2, 0.25) is 0 Å². The quantitative estimate of drug-likeness (QED) is 0.826. The van der Waals surface area contributed by atoms with Crippen LogP contribution < -0.4 is 4.74 Å². The van der Waals surface area contributed by atoms with Crippen LogP contribution in [-0.2, 0) is 4.79 Å². The van der Waals surface area contributed by atoms with Crippen molar-refractivity contribution >= 4 is 5.97 Å². The largest absolute Gasteiger partial charge is 0.489 e. The molecule has 0 amide bonds. The summed E-state index contributed by atoms with van der Waals surface area (Å²) in [5.41, 5.74) is 1.03. The fraction of sp³-hybridized carbons (Fsp3) is 0.417. The van der Waals surface area contributed by atoms with Crippen molar-refractivity contribution in [3.63, 3.8) is 0 Å². The zero-order valence-corrected chi connectivity index (χ0v) is 8.64. The molecule has 1 aromatic carbocycles. The van der Waals surface area contributed by atoms with E-state index in [0.717, 1.165) is 17.7 Å². The first-order chi connectivity index (χ1) is 7.22. The van der Waals surface area contributed by atoms with Gasteiger partial charge in [-0.15, -0.1) is 0 Å². The lowest BCUT2D eigenvalue weighted by atomic mass is 9.91. The van der Waals surface area contributed by atoms with E-state index in [4.69, 9.17) is 9.84 Å². The van der Waals surface area contributed by atoms with Gasteiger partial charge in [-0.3, -0.25) is 4.79 Å². The SMILES string of the molecule is CCC1Oc2ccccc2C1CC(=O)O. The molecule has 0 bridgehead atoms. The predicted octanol–water partition coefficient (Wildman–Crippen LogP) is 2.42. The summed E-state index contributed by atoms with van der Waals surface area (Å²) in [6.45, 7) is 2.02. The van der Waals surface area contributed by atoms with Gasteiger partial charge < -0.3 is 9.84 Å². The fourth-order valence-corrected chi connectivity index (χ4v) is 2.14. The van der Waals surface area contributed by atoms with Crippen molar-refractivity contribution in [2.24, 2.45) is 0 Å². The molecule has 0 spiro atoms. The summed E-state index contributed by atoms with van der Waals surface area (Å²) in [6.07, 6.45) is 1.00. The van der Waals surface area contributed by atoms with Crippen molar-refractivity contribution < 1.29 is 14.6 Å². The number of hydrogen-bond donors (Lipinski definition) is 1. The van der Waals surface area contributed by atoms with Crippen molar-refractivity contribution in [1.29, 1.82) is 0 Å². The molecule has 1 aliphatic heterocycles. The van der Waals surface area contributed by atoms with Crippen molar-refractivity contribution in [1.82, 2.24) is 0 Å². The number of ether oxygens (including phenoxy) is 1. The summed E-state index contributed by atoms with van der Waals surface area (Å²) >= 11 is 0. The van der Waals surface area contributed by atoms with Crippen LogP contribution in [0.1, 0.15) is 31.2 Å². The highest BCUT2D eigenvalue weighted by atomic mass is 16.5. The molecular formula is C12H14O3. The van der Waals surface area contributed by atoms with E-state index in [2.05, 4.69) is 0 Å². The molecule has 2 atom stereocenters. The molecule has 0 aromatic heterocycles. The number of rotatable bonds is 3. The zero-order chi connectivity index (χ0) is 10.8. The first kappa shape index (κ1) is 10.0. The number of para-hydroxylation sites is 1. The van der Waals surface area contributed by atoms with E-state index < -0.39 is 5.97 Å². The molecule has 0 saturated heterocycles. The molecule has 2 rings (SSSR count). The van der Waals surface area contributed by atoms with Crippen molar-refractivity contribution in [3.05, 3.63) is 29.8 Å². The van der Waals surface area contributed by atoms with Crippen LogP contribution in [-0.4, -0.2) is 17.2 Å². The molecule has 3 heteroatoms. The number of carboxylic acids is 1. The van der Waals surface area contributed by atoms with Gasteiger partial charge in [0.15, 0.2) is 0 Å². The predicted molar refractivity (Wildman–Crippen MR) is 56.1 cm³/mol. The number of carbonyl (C=O) groups is 1. The number of hydrogen-bond acceptors (Lipinski definition) is 2. The molecule has 3 nitrogen and oxygen atoms in total. The van der Waals surface area contributed by atoms with Crippen LogP contribution in [0.4, 0.5) is 0 Å². The third kappa shape index (κ3) is 1.82. The van der Waals surface area contributed by atoms with Crippen molar-refractivity contribution in [3.8, 4) is 5.75 Å². The van der Waals surface area contributed by atoms with Gasteiger partial charge in [-0.2, -0.15) is 0 Å². The highest BCUT2D eigenvalue weighted by Crippen LogP contribution is 2.40. The Balaban J connectivity index is 2.29. The van der Waals surface area contributed by atoms with Crippen LogP contribution in [0.2, 0.25) is 0 Å². The minimum Gasteiger partial charge on any atom is -0.489 e. The molecule has 0 radical (unpaired) electrons. The van der Waals surface area contributed by atoms with Gasteiger partial charge in [0.1, 0.15) is 11.9 Å². The van der Waals surface area contributed by atoms with E-state index in [1.54, 1.807) is 0 Å². The summed E-state index contributed by atoms with van der Waals surface area (Å²) in [5, 5.41) is 8.86. The summed E-state index contributed by atoms with van der Waals surface area (Å²) < 4.78 is 5.71. The normalized spacial score (nSPS) is 23.3. The van der Waals surface area contributed by atoms with E-state index in [9.17, 15) is 4.79 Å². The van der Waals surface area contributed by atoms with Gasteiger partial charge in [-0.05, 0) is 12.5 Å². The van der Waals surface area contributed by atoms with Crippen LogP contribution in [0, 0.1) is 0 Å². The molecular weight excluding hydrogens is 192 g/mol. The van der Waals surface area contributed by atoms with Gasteiger partial charge in [0, 0.05) is 11.5 Å². The van der Waals surface area contributed by atoms with E-state index >= 15 is 0 Å².